The van der Waals surface area contributed by atoms with E-state index in [-0.39, 0.29) is 0 Å². The first-order valence-electron chi connectivity index (χ1n) is 3.45. The molecule has 0 saturated carbocycles. The molecule has 0 bridgehead atoms. The minimum absolute atomic E-state index is 0.571. The SMILES string of the molecule is c1ccc(Oc2ncns2)cc1. The molecular formula is C8H6N2OS. The van der Waals surface area contributed by atoms with Gasteiger partial charge < -0.3 is 4.74 Å². The topological polar surface area (TPSA) is 35.0 Å². The summed E-state index contributed by atoms with van der Waals surface area (Å²) in [4.78, 5) is 3.90. The van der Waals surface area contributed by atoms with Crippen molar-refractivity contribution in [2.45, 2.75) is 0 Å². The average molecular weight is 178 g/mol. The van der Waals surface area contributed by atoms with Crippen LogP contribution in [0, 0.1) is 0 Å². The molecule has 0 aliphatic heterocycles. The monoisotopic (exact) mass is 178 g/mol. The number of para-hydroxylation sites is 1. The third-order valence-corrected chi connectivity index (χ3v) is 1.83. The molecule has 1 aromatic carbocycles. The smallest absolute Gasteiger partial charge is 0.298 e. The van der Waals surface area contributed by atoms with E-state index in [1.54, 1.807) is 0 Å². The number of ether oxygens (including phenoxy) is 1. The van der Waals surface area contributed by atoms with Crippen molar-refractivity contribution in [3.8, 4) is 10.9 Å². The fraction of sp³-hybridized carbons (Fsp3) is 0. The van der Waals surface area contributed by atoms with Crippen LogP contribution in [0.3, 0.4) is 0 Å². The summed E-state index contributed by atoms with van der Waals surface area (Å²) in [5.74, 6) is 0.786. The molecule has 1 heterocycles. The van der Waals surface area contributed by atoms with Crippen molar-refractivity contribution in [3.05, 3.63) is 36.7 Å². The summed E-state index contributed by atoms with van der Waals surface area (Å²) in [5.41, 5.74) is 0. The van der Waals surface area contributed by atoms with Gasteiger partial charge in [-0.05, 0) is 12.1 Å². The molecule has 0 aliphatic rings. The van der Waals surface area contributed by atoms with Gasteiger partial charge in [0.15, 0.2) is 0 Å². The number of hydrogen-bond acceptors (Lipinski definition) is 4. The Hall–Kier alpha value is -1.42. The lowest BCUT2D eigenvalue weighted by molar-refractivity contribution is 0.479. The molecule has 60 valence electrons. The Kier molecular flexibility index (Phi) is 2.00. The number of rotatable bonds is 2. The first kappa shape index (κ1) is 7.24. The van der Waals surface area contributed by atoms with Crippen molar-refractivity contribution in [2.24, 2.45) is 0 Å². The highest BCUT2D eigenvalue weighted by Crippen LogP contribution is 2.20. The largest absolute Gasteiger partial charge is 0.430 e. The molecule has 1 aromatic heterocycles. The van der Waals surface area contributed by atoms with Crippen LogP contribution < -0.4 is 4.74 Å². The van der Waals surface area contributed by atoms with Gasteiger partial charge >= 0.3 is 0 Å². The molecule has 0 radical (unpaired) electrons. The third kappa shape index (κ3) is 1.60. The van der Waals surface area contributed by atoms with Gasteiger partial charge in [0.05, 0.1) is 0 Å². The molecule has 3 nitrogen and oxygen atoms in total. The van der Waals surface area contributed by atoms with Crippen LogP contribution in [0.15, 0.2) is 36.7 Å². The molecule has 4 heteroatoms. The van der Waals surface area contributed by atoms with Crippen LogP contribution in [0.4, 0.5) is 0 Å². The second-order valence-corrected chi connectivity index (χ2v) is 2.86. The quantitative estimate of drug-likeness (QED) is 0.707. The fourth-order valence-electron chi connectivity index (χ4n) is 0.797. The van der Waals surface area contributed by atoms with Gasteiger partial charge in [-0.3, -0.25) is 0 Å². The van der Waals surface area contributed by atoms with Gasteiger partial charge in [0.25, 0.3) is 5.19 Å². The molecule has 0 aliphatic carbocycles. The van der Waals surface area contributed by atoms with Gasteiger partial charge in [0.2, 0.25) is 0 Å². The lowest BCUT2D eigenvalue weighted by Gasteiger charge is -1.97. The van der Waals surface area contributed by atoms with E-state index in [0.717, 1.165) is 5.75 Å². The zero-order valence-electron chi connectivity index (χ0n) is 6.18. The van der Waals surface area contributed by atoms with Crippen LogP contribution in [-0.4, -0.2) is 9.36 Å². The minimum Gasteiger partial charge on any atom is -0.430 e. The van der Waals surface area contributed by atoms with E-state index in [4.69, 9.17) is 4.74 Å². The summed E-state index contributed by atoms with van der Waals surface area (Å²) in [5, 5.41) is 0.571. The van der Waals surface area contributed by atoms with Crippen molar-refractivity contribution < 1.29 is 4.74 Å². The van der Waals surface area contributed by atoms with Gasteiger partial charge in [0.1, 0.15) is 12.1 Å². The summed E-state index contributed by atoms with van der Waals surface area (Å²) in [6.07, 6.45) is 1.48. The van der Waals surface area contributed by atoms with Crippen LogP contribution in [0.25, 0.3) is 0 Å². The Morgan fingerprint density at radius 3 is 2.67 bits per heavy atom. The van der Waals surface area contributed by atoms with Gasteiger partial charge in [0, 0.05) is 11.5 Å². The highest BCUT2D eigenvalue weighted by Gasteiger charge is 1.97. The summed E-state index contributed by atoms with van der Waals surface area (Å²) in [6, 6.07) is 9.52. The predicted molar refractivity (Wildman–Crippen MR) is 46.4 cm³/mol. The molecule has 0 atom stereocenters. The van der Waals surface area contributed by atoms with E-state index < -0.39 is 0 Å². The number of aromatic nitrogens is 2. The first-order valence-corrected chi connectivity index (χ1v) is 4.22. The number of benzene rings is 1. The predicted octanol–water partition coefficient (Wildman–Crippen LogP) is 2.33. The van der Waals surface area contributed by atoms with Crippen molar-refractivity contribution in [3.63, 3.8) is 0 Å². The van der Waals surface area contributed by atoms with E-state index >= 15 is 0 Å². The van der Waals surface area contributed by atoms with Crippen molar-refractivity contribution in [2.75, 3.05) is 0 Å². The maximum atomic E-state index is 5.36. The molecule has 12 heavy (non-hydrogen) atoms. The second-order valence-electron chi connectivity index (χ2n) is 2.12. The van der Waals surface area contributed by atoms with Gasteiger partial charge in [-0.15, -0.1) is 0 Å². The Morgan fingerprint density at radius 2 is 2.00 bits per heavy atom. The lowest BCUT2D eigenvalue weighted by Crippen LogP contribution is -1.80. The molecule has 2 aromatic rings. The Labute approximate surface area is 73.8 Å². The summed E-state index contributed by atoms with van der Waals surface area (Å²) in [6.45, 7) is 0. The minimum atomic E-state index is 0.571. The second kappa shape index (κ2) is 3.32. The Bertz CT molecular complexity index is 333. The maximum Gasteiger partial charge on any atom is 0.298 e. The van der Waals surface area contributed by atoms with Crippen molar-refractivity contribution in [1.29, 1.82) is 0 Å². The van der Waals surface area contributed by atoms with E-state index in [0.29, 0.717) is 5.19 Å². The van der Waals surface area contributed by atoms with Gasteiger partial charge in [-0.1, -0.05) is 18.2 Å². The Balaban J connectivity index is 2.15. The number of hydrogen-bond donors (Lipinski definition) is 0. The zero-order chi connectivity index (χ0) is 8.23. The summed E-state index contributed by atoms with van der Waals surface area (Å²) in [7, 11) is 0. The molecule has 0 unspecified atom stereocenters. The van der Waals surface area contributed by atoms with Gasteiger partial charge in [-0.25, -0.2) is 0 Å². The average Bonchev–Trinajstić information content (AvgIpc) is 2.59. The van der Waals surface area contributed by atoms with Gasteiger partial charge in [-0.2, -0.15) is 9.36 Å². The lowest BCUT2D eigenvalue weighted by atomic mass is 10.3. The third-order valence-electron chi connectivity index (χ3n) is 1.29. The van der Waals surface area contributed by atoms with Crippen LogP contribution in [0.5, 0.6) is 10.9 Å². The van der Waals surface area contributed by atoms with E-state index in [9.17, 15) is 0 Å². The van der Waals surface area contributed by atoms with Crippen LogP contribution in [0.1, 0.15) is 0 Å². The van der Waals surface area contributed by atoms with E-state index in [2.05, 4.69) is 9.36 Å². The molecule has 0 spiro atoms. The normalized spacial score (nSPS) is 9.67. The highest BCUT2D eigenvalue weighted by atomic mass is 32.1. The van der Waals surface area contributed by atoms with Crippen molar-refractivity contribution >= 4 is 11.5 Å². The molecule has 0 N–H and O–H groups in total. The standard InChI is InChI=1S/C8H6N2OS/c1-2-4-7(5-3-1)11-8-9-6-10-12-8/h1-6H. The van der Waals surface area contributed by atoms with Crippen molar-refractivity contribution in [1.82, 2.24) is 9.36 Å². The summed E-state index contributed by atoms with van der Waals surface area (Å²) >= 11 is 1.23. The zero-order valence-corrected chi connectivity index (χ0v) is 6.99. The van der Waals surface area contributed by atoms with Crippen LogP contribution in [-0.2, 0) is 0 Å². The maximum absolute atomic E-state index is 5.36. The molecule has 0 saturated heterocycles. The summed E-state index contributed by atoms with van der Waals surface area (Å²) < 4.78 is 9.19. The molecule has 0 amide bonds. The van der Waals surface area contributed by atoms with Crippen LogP contribution in [0.2, 0.25) is 0 Å². The van der Waals surface area contributed by atoms with E-state index in [1.807, 2.05) is 30.3 Å². The number of nitrogens with zero attached hydrogens (tertiary/aromatic N) is 2. The fourth-order valence-corrected chi connectivity index (χ4v) is 1.21. The molecular weight excluding hydrogens is 172 g/mol. The Morgan fingerprint density at radius 1 is 1.17 bits per heavy atom. The van der Waals surface area contributed by atoms with Crippen LogP contribution >= 0.6 is 11.5 Å². The molecule has 0 fully saturated rings. The molecule has 2 rings (SSSR count). The highest BCUT2D eigenvalue weighted by molar-refractivity contribution is 7.07. The van der Waals surface area contributed by atoms with E-state index in [1.165, 1.54) is 17.9 Å². The first-order chi connectivity index (χ1) is 5.95.